The molecule has 0 fully saturated rings. The van der Waals surface area contributed by atoms with E-state index in [0.717, 1.165) is 24.5 Å². The summed E-state index contributed by atoms with van der Waals surface area (Å²) in [7, 11) is 0. The Morgan fingerprint density at radius 1 is 1.25 bits per heavy atom. The highest BCUT2D eigenvalue weighted by Gasteiger charge is 2.03. The molecule has 4 heteroatoms. The zero-order valence-corrected chi connectivity index (χ0v) is 9.72. The van der Waals surface area contributed by atoms with E-state index in [4.69, 9.17) is 15.6 Å². The summed E-state index contributed by atoms with van der Waals surface area (Å²) in [5.74, 6) is 0. The molecule has 1 aromatic carbocycles. The molecule has 0 saturated carbocycles. The molecule has 1 rings (SSSR count). The maximum absolute atomic E-state index is 8.58. The number of aliphatic hydroxyl groups is 1. The monoisotopic (exact) mass is 224 g/mol. The molecule has 0 spiro atoms. The molecule has 0 unspecified atom stereocenters. The largest absolute Gasteiger partial charge is 0.399 e. The van der Waals surface area contributed by atoms with Crippen molar-refractivity contribution in [2.45, 2.75) is 6.92 Å². The number of hydrogen-bond acceptors (Lipinski definition) is 4. The van der Waals surface area contributed by atoms with Gasteiger partial charge in [-0.05, 0) is 31.2 Å². The van der Waals surface area contributed by atoms with Crippen molar-refractivity contribution in [3.05, 3.63) is 24.3 Å². The number of hydrogen-bond donors (Lipinski definition) is 2. The van der Waals surface area contributed by atoms with Crippen LogP contribution >= 0.6 is 0 Å². The molecule has 0 aliphatic rings. The highest BCUT2D eigenvalue weighted by atomic mass is 16.5. The Morgan fingerprint density at radius 3 is 2.50 bits per heavy atom. The zero-order valence-electron chi connectivity index (χ0n) is 9.72. The molecule has 0 aliphatic heterocycles. The third kappa shape index (κ3) is 4.08. The quantitative estimate of drug-likeness (QED) is 0.538. The van der Waals surface area contributed by atoms with E-state index in [0.29, 0.717) is 13.2 Å². The van der Waals surface area contributed by atoms with Crippen LogP contribution in [0.25, 0.3) is 0 Å². The van der Waals surface area contributed by atoms with Crippen LogP contribution in [0.1, 0.15) is 6.92 Å². The Balaban J connectivity index is 2.44. The van der Waals surface area contributed by atoms with E-state index in [9.17, 15) is 0 Å². The van der Waals surface area contributed by atoms with Crippen LogP contribution in [0.5, 0.6) is 0 Å². The van der Waals surface area contributed by atoms with Crippen LogP contribution in [0.2, 0.25) is 0 Å². The number of likely N-dealkylation sites (N-methyl/N-ethyl adjacent to an activating group) is 1. The maximum Gasteiger partial charge on any atom is 0.0698 e. The maximum atomic E-state index is 8.58. The standard InChI is InChI=1S/C12H20N2O2/c1-2-14(7-9-16-10-8-15)12-5-3-11(13)4-6-12/h3-6,15H,2,7-10,13H2,1H3. The van der Waals surface area contributed by atoms with E-state index < -0.39 is 0 Å². The second-order valence-corrected chi connectivity index (χ2v) is 3.51. The van der Waals surface area contributed by atoms with Crippen LogP contribution in [0.15, 0.2) is 24.3 Å². The van der Waals surface area contributed by atoms with Gasteiger partial charge >= 0.3 is 0 Å². The van der Waals surface area contributed by atoms with E-state index in [-0.39, 0.29) is 6.61 Å². The summed E-state index contributed by atoms with van der Waals surface area (Å²) in [6, 6.07) is 7.80. The number of nitrogens with two attached hydrogens (primary N) is 1. The van der Waals surface area contributed by atoms with Crippen molar-refractivity contribution in [3.8, 4) is 0 Å². The first kappa shape index (κ1) is 12.8. The summed E-state index contributed by atoms with van der Waals surface area (Å²) in [4.78, 5) is 2.21. The van der Waals surface area contributed by atoms with Crippen molar-refractivity contribution in [1.82, 2.24) is 0 Å². The Bertz CT molecular complexity index is 288. The fourth-order valence-electron chi connectivity index (χ4n) is 1.50. The minimum atomic E-state index is 0.0774. The number of rotatable bonds is 7. The smallest absolute Gasteiger partial charge is 0.0698 e. The second kappa shape index (κ2) is 7.09. The van der Waals surface area contributed by atoms with Gasteiger partial charge in [-0.3, -0.25) is 0 Å². The molecule has 0 bridgehead atoms. The first-order valence-corrected chi connectivity index (χ1v) is 5.57. The summed E-state index contributed by atoms with van der Waals surface area (Å²) >= 11 is 0. The van der Waals surface area contributed by atoms with E-state index in [1.54, 1.807) is 0 Å². The predicted molar refractivity (Wildman–Crippen MR) is 66.6 cm³/mol. The van der Waals surface area contributed by atoms with E-state index in [2.05, 4.69) is 11.8 Å². The van der Waals surface area contributed by atoms with E-state index >= 15 is 0 Å². The topological polar surface area (TPSA) is 58.7 Å². The van der Waals surface area contributed by atoms with Crippen LogP contribution in [-0.2, 0) is 4.74 Å². The molecule has 3 N–H and O–H groups in total. The first-order chi connectivity index (χ1) is 7.77. The minimum absolute atomic E-state index is 0.0774. The highest BCUT2D eigenvalue weighted by Crippen LogP contribution is 2.15. The molecule has 0 atom stereocenters. The van der Waals surface area contributed by atoms with Gasteiger partial charge in [0, 0.05) is 24.5 Å². The Morgan fingerprint density at radius 2 is 1.94 bits per heavy atom. The van der Waals surface area contributed by atoms with Gasteiger partial charge in [-0.25, -0.2) is 0 Å². The van der Waals surface area contributed by atoms with Crippen LogP contribution in [-0.4, -0.2) is 38.0 Å². The van der Waals surface area contributed by atoms with Crippen molar-refractivity contribution in [2.24, 2.45) is 0 Å². The molecule has 0 radical (unpaired) electrons. The number of nitrogen functional groups attached to an aromatic ring is 1. The first-order valence-electron chi connectivity index (χ1n) is 5.57. The normalized spacial score (nSPS) is 10.4. The van der Waals surface area contributed by atoms with Gasteiger partial charge in [0.15, 0.2) is 0 Å². The van der Waals surface area contributed by atoms with E-state index in [1.807, 2.05) is 24.3 Å². The molecule has 1 aromatic rings. The van der Waals surface area contributed by atoms with Crippen molar-refractivity contribution >= 4 is 11.4 Å². The van der Waals surface area contributed by atoms with Crippen LogP contribution in [0.4, 0.5) is 11.4 Å². The van der Waals surface area contributed by atoms with Gasteiger partial charge in [0.2, 0.25) is 0 Å². The van der Waals surface area contributed by atoms with Gasteiger partial charge in [0.05, 0.1) is 19.8 Å². The van der Waals surface area contributed by atoms with Gasteiger partial charge in [0.1, 0.15) is 0 Å². The summed E-state index contributed by atoms with van der Waals surface area (Å²) in [5, 5.41) is 8.58. The number of aliphatic hydroxyl groups excluding tert-OH is 1. The predicted octanol–water partition coefficient (Wildman–Crippen LogP) is 1.10. The lowest BCUT2D eigenvalue weighted by molar-refractivity contribution is 0.0967. The molecule has 0 aliphatic carbocycles. The summed E-state index contributed by atoms with van der Waals surface area (Å²) < 4.78 is 5.24. The molecule has 0 saturated heterocycles. The number of anilines is 2. The lowest BCUT2D eigenvalue weighted by Gasteiger charge is -2.23. The SMILES string of the molecule is CCN(CCOCCO)c1ccc(N)cc1. The number of benzene rings is 1. The molecular formula is C12H20N2O2. The Labute approximate surface area is 96.6 Å². The average Bonchev–Trinajstić information content (AvgIpc) is 2.31. The number of nitrogens with zero attached hydrogens (tertiary/aromatic N) is 1. The molecule has 16 heavy (non-hydrogen) atoms. The number of ether oxygens (including phenoxy) is 1. The molecule has 90 valence electrons. The second-order valence-electron chi connectivity index (χ2n) is 3.51. The molecule has 0 aromatic heterocycles. The third-order valence-electron chi connectivity index (χ3n) is 2.38. The lowest BCUT2D eigenvalue weighted by Crippen LogP contribution is -2.27. The van der Waals surface area contributed by atoms with Gasteiger partial charge in [-0.2, -0.15) is 0 Å². The highest BCUT2D eigenvalue weighted by molar-refractivity contribution is 5.52. The lowest BCUT2D eigenvalue weighted by atomic mass is 10.2. The minimum Gasteiger partial charge on any atom is -0.399 e. The van der Waals surface area contributed by atoms with Gasteiger partial charge < -0.3 is 20.5 Å². The molecule has 0 amide bonds. The summed E-state index contributed by atoms with van der Waals surface area (Å²) in [6.45, 7) is 4.95. The fourth-order valence-corrected chi connectivity index (χ4v) is 1.50. The molecule has 0 heterocycles. The van der Waals surface area contributed by atoms with Crippen molar-refractivity contribution in [3.63, 3.8) is 0 Å². The Kier molecular flexibility index (Phi) is 5.67. The van der Waals surface area contributed by atoms with Crippen molar-refractivity contribution in [2.75, 3.05) is 43.5 Å². The van der Waals surface area contributed by atoms with E-state index in [1.165, 1.54) is 0 Å². The van der Waals surface area contributed by atoms with Crippen LogP contribution < -0.4 is 10.6 Å². The molecular weight excluding hydrogens is 204 g/mol. The summed E-state index contributed by atoms with van der Waals surface area (Å²) in [5.41, 5.74) is 7.55. The molecule has 4 nitrogen and oxygen atoms in total. The van der Waals surface area contributed by atoms with Gasteiger partial charge in [0.25, 0.3) is 0 Å². The summed E-state index contributed by atoms with van der Waals surface area (Å²) in [6.07, 6.45) is 0. The van der Waals surface area contributed by atoms with Gasteiger partial charge in [-0.15, -0.1) is 0 Å². The fraction of sp³-hybridized carbons (Fsp3) is 0.500. The van der Waals surface area contributed by atoms with Crippen LogP contribution in [0, 0.1) is 0 Å². The van der Waals surface area contributed by atoms with Crippen molar-refractivity contribution < 1.29 is 9.84 Å². The van der Waals surface area contributed by atoms with Crippen molar-refractivity contribution in [1.29, 1.82) is 0 Å². The van der Waals surface area contributed by atoms with Crippen LogP contribution in [0.3, 0.4) is 0 Å². The average molecular weight is 224 g/mol. The third-order valence-corrected chi connectivity index (χ3v) is 2.38. The Hall–Kier alpha value is -1.26. The zero-order chi connectivity index (χ0) is 11.8. The van der Waals surface area contributed by atoms with Gasteiger partial charge in [-0.1, -0.05) is 0 Å².